The highest BCUT2D eigenvalue weighted by Gasteiger charge is 2.48. The Morgan fingerprint density at radius 1 is 1.14 bits per heavy atom. The quantitative estimate of drug-likeness (QED) is 0.354. The summed E-state index contributed by atoms with van der Waals surface area (Å²) in [5.41, 5.74) is 0. The molecule has 2 aliphatic rings. The van der Waals surface area contributed by atoms with E-state index in [1.54, 1.807) is 31.4 Å². The molecule has 1 aromatic carbocycles. The summed E-state index contributed by atoms with van der Waals surface area (Å²) in [6.45, 7) is 0. The third-order valence-electron chi connectivity index (χ3n) is 6.30. The van der Waals surface area contributed by atoms with Crippen molar-refractivity contribution in [3.05, 3.63) is 36.4 Å². The summed E-state index contributed by atoms with van der Waals surface area (Å²) in [4.78, 5) is 11.4. The van der Waals surface area contributed by atoms with Gasteiger partial charge in [0.1, 0.15) is 5.75 Å². The SMILES string of the molecule is COC(=O)CCCC=CCC1C2CCC(C2)C1NS(=O)(=O)c1ccc(OC)cc1. The molecule has 0 heterocycles. The van der Waals surface area contributed by atoms with Gasteiger partial charge in [-0.05, 0) is 80.5 Å². The van der Waals surface area contributed by atoms with Crippen LogP contribution in [0.25, 0.3) is 0 Å². The van der Waals surface area contributed by atoms with E-state index >= 15 is 0 Å². The number of esters is 1. The average molecular weight is 422 g/mol. The summed E-state index contributed by atoms with van der Waals surface area (Å²) in [5.74, 6) is 1.80. The van der Waals surface area contributed by atoms with Gasteiger partial charge in [0.15, 0.2) is 0 Å². The molecule has 1 aromatic rings. The molecule has 0 amide bonds. The van der Waals surface area contributed by atoms with E-state index in [0.29, 0.717) is 29.9 Å². The Labute approximate surface area is 173 Å². The first-order valence-corrected chi connectivity index (χ1v) is 11.8. The zero-order chi connectivity index (χ0) is 20.9. The van der Waals surface area contributed by atoms with Gasteiger partial charge in [0.25, 0.3) is 0 Å². The van der Waals surface area contributed by atoms with Crippen molar-refractivity contribution in [3.8, 4) is 5.75 Å². The second-order valence-corrected chi connectivity index (χ2v) is 9.71. The monoisotopic (exact) mass is 421 g/mol. The fraction of sp³-hybridized carbons (Fsp3) is 0.591. The molecule has 2 bridgehead atoms. The van der Waals surface area contributed by atoms with E-state index in [0.717, 1.165) is 32.1 Å². The molecule has 160 valence electrons. The highest BCUT2D eigenvalue weighted by molar-refractivity contribution is 7.89. The van der Waals surface area contributed by atoms with Gasteiger partial charge >= 0.3 is 5.97 Å². The number of ether oxygens (including phenoxy) is 2. The predicted octanol–water partition coefficient (Wildman–Crippen LogP) is 3.68. The van der Waals surface area contributed by atoms with Gasteiger partial charge < -0.3 is 9.47 Å². The number of carbonyl (C=O) groups is 1. The van der Waals surface area contributed by atoms with Crippen LogP contribution < -0.4 is 9.46 Å². The number of hydrogen-bond donors (Lipinski definition) is 1. The van der Waals surface area contributed by atoms with Gasteiger partial charge in [0.2, 0.25) is 10.0 Å². The minimum absolute atomic E-state index is 0.0134. The Hall–Kier alpha value is -1.86. The lowest BCUT2D eigenvalue weighted by Gasteiger charge is -2.31. The Bertz CT molecular complexity index is 818. The molecule has 0 saturated heterocycles. The number of unbranched alkanes of at least 4 members (excludes halogenated alkanes) is 1. The number of fused-ring (bicyclic) bond motifs is 2. The second-order valence-electron chi connectivity index (χ2n) is 8.00. The number of nitrogens with one attached hydrogen (secondary N) is 1. The summed E-state index contributed by atoms with van der Waals surface area (Å²) < 4.78 is 38.6. The fourth-order valence-electron chi connectivity index (χ4n) is 4.77. The lowest BCUT2D eigenvalue weighted by molar-refractivity contribution is -0.140. The maximum Gasteiger partial charge on any atom is 0.305 e. The summed E-state index contributed by atoms with van der Waals surface area (Å²) in [6, 6.07) is 6.50. The van der Waals surface area contributed by atoms with Crippen LogP contribution in [0.3, 0.4) is 0 Å². The molecule has 2 fully saturated rings. The van der Waals surface area contributed by atoms with Gasteiger partial charge in [-0.1, -0.05) is 12.2 Å². The third-order valence-corrected chi connectivity index (χ3v) is 7.78. The van der Waals surface area contributed by atoms with Crippen LogP contribution in [0.2, 0.25) is 0 Å². The third kappa shape index (κ3) is 5.39. The topological polar surface area (TPSA) is 81.7 Å². The van der Waals surface area contributed by atoms with E-state index in [1.807, 2.05) is 0 Å². The minimum Gasteiger partial charge on any atom is -0.497 e. The number of sulfonamides is 1. The molecule has 4 atom stereocenters. The summed E-state index contributed by atoms with van der Waals surface area (Å²) in [7, 11) is -0.593. The van der Waals surface area contributed by atoms with Gasteiger partial charge in [-0.2, -0.15) is 0 Å². The molecule has 4 unspecified atom stereocenters. The van der Waals surface area contributed by atoms with Crippen molar-refractivity contribution in [2.24, 2.45) is 17.8 Å². The van der Waals surface area contributed by atoms with E-state index in [-0.39, 0.29) is 16.9 Å². The molecular formula is C22H31NO5S. The standard InChI is InChI=1S/C22H31NO5S/c1-27-18-11-13-19(14-12-18)29(25,26)23-22-17-10-9-16(15-17)20(22)7-5-3-4-6-8-21(24)28-2/h3,5,11-14,16-17,20,22-23H,4,6-10,15H2,1-2H3. The van der Waals surface area contributed by atoms with E-state index in [1.165, 1.54) is 13.5 Å². The average Bonchev–Trinajstić information content (AvgIpc) is 3.32. The molecule has 0 spiro atoms. The normalized spacial score (nSPS) is 26.1. The van der Waals surface area contributed by atoms with Crippen LogP contribution in [0.1, 0.15) is 44.9 Å². The van der Waals surface area contributed by atoms with Crippen LogP contribution >= 0.6 is 0 Å². The first kappa shape index (κ1) is 21.8. The number of methoxy groups -OCH3 is 2. The summed E-state index contributed by atoms with van der Waals surface area (Å²) in [5, 5.41) is 0. The van der Waals surface area contributed by atoms with E-state index in [4.69, 9.17) is 4.74 Å². The van der Waals surface area contributed by atoms with Gasteiger partial charge in [0.05, 0.1) is 19.1 Å². The first-order chi connectivity index (χ1) is 13.9. The molecule has 2 saturated carbocycles. The van der Waals surface area contributed by atoms with Gasteiger partial charge in [-0.25, -0.2) is 13.1 Å². The largest absolute Gasteiger partial charge is 0.497 e. The van der Waals surface area contributed by atoms with Crippen molar-refractivity contribution >= 4 is 16.0 Å². The van der Waals surface area contributed by atoms with Crippen molar-refractivity contribution in [1.29, 1.82) is 0 Å². The van der Waals surface area contributed by atoms with E-state index in [2.05, 4.69) is 21.6 Å². The van der Waals surface area contributed by atoms with Crippen molar-refractivity contribution < 1.29 is 22.7 Å². The maximum atomic E-state index is 12.9. The lowest BCUT2D eigenvalue weighted by Crippen LogP contribution is -2.43. The minimum atomic E-state index is -3.56. The zero-order valence-electron chi connectivity index (χ0n) is 17.2. The number of allylic oxidation sites excluding steroid dienone is 2. The number of hydrogen-bond acceptors (Lipinski definition) is 5. The van der Waals surface area contributed by atoms with Gasteiger partial charge in [-0.15, -0.1) is 0 Å². The molecular weight excluding hydrogens is 390 g/mol. The van der Waals surface area contributed by atoms with Crippen LogP contribution in [-0.4, -0.2) is 34.6 Å². The molecule has 0 radical (unpaired) electrons. The van der Waals surface area contributed by atoms with E-state index in [9.17, 15) is 13.2 Å². The Morgan fingerprint density at radius 2 is 1.86 bits per heavy atom. The zero-order valence-corrected chi connectivity index (χ0v) is 18.0. The van der Waals surface area contributed by atoms with Crippen molar-refractivity contribution in [2.45, 2.75) is 55.9 Å². The first-order valence-electron chi connectivity index (χ1n) is 10.3. The molecule has 0 aliphatic heterocycles. The second kappa shape index (κ2) is 9.76. The molecule has 1 N–H and O–H groups in total. The molecule has 29 heavy (non-hydrogen) atoms. The highest BCUT2D eigenvalue weighted by atomic mass is 32.2. The van der Waals surface area contributed by atoms with E-state index < -0.39 is 10.0 Å². The highest BCUT2D eigenvalue weighted by Crippen LogP contribution is 2.50. The molecule has 3 rings (SSSR count). The summed E-state index contributed by atoms with van der Waals surface area (Å²) in [6.07, 6.45) is 10.5. The Kier molecular flexibility index (Phi) is 7.35. The molecule has 0 aromatic heterocycles. The maximum absolute atomic E-state index is 12.9. The van der Waals surface area contributed by atoms with Crippen LogP contribution in [-0.2, 0) is 19.6 Å². The van der Waals surface area contributed by atoms with Crippen molar-refractivity contribution in [1.82, 2.24) is 4.72 Å². The van der Waals surface area contributed by atoms with Gasteiger partial charge in [0, 0.05) is 12.5 Å². The number of rotatable bonds is 10. The molecule has 2 aliphatic carbocycles. The van der Waals surface area contributed by atoms with Gasteiger partial charge in [-0.3, -0.25) is 4.79 Å². The number of carbonyl (C=O) groups excluding carboxylic acids is 1. The smallest absolute Gasteiger partial charge is 0.305 e. The Morgan fingerprint density at radius 3 is 2.55 bits per heavy atom. The van der Waals surface area contributed by atoms with Crippen LogP contribution in [0, 0.1) is 17.8 Å². The summed E-state index contributed by atoms with van der Waals surface area (Å²) >= 11 is 0. The lowest BCUT2D eigenvalue weighted by atomic mass is 9.83. The van der Waals surface area contributed by atoms with Crippen molar-refractivity contribution in [2.75, 3.05) is 14.2 Å². The van der Waals surface area contributed by atoms with Crippen LogP contribution in [0.15, 0.2) is 41.3 Å². The fourth-order valence-corrected chi connectivity index (χ4v) is 6.13. The van der Waals surface area contributed by atoms with Crippen molar-refractivity contribution in [3.63, 3.8) is 0 Å². The molecule has 6 nitrogen and oxygen atoms in total. The predicted molar refractivity (Wildman–Crippen MR) is 111 cm³/mol. The Balaban J connectivity index is 1.59. The molecule has 7 heteroatoms. The van der Waals surface area contributed by atoms with Crippen LogP contribution in [0.5, 0.6) is 5.75 Å². The number of benzene rings is 1. The van der Waals surface area contributed by atoms with Crippen LogP contribution in [0.4, 0.5) is 0 Å².